The van der Waals surface area contributed by atoms with Crippen LogP contribution in [0.3, 0.4) is 0 Å². The Hall–Kier alpha value is -2.34. The maximum absolute atomic E-state index is 12.0. The van der Waals surface area contributed by atoms with E-state index < -0.39 is 0 Å². The molecule has 1 rings (SSSR count). The van der Waals surface area contributed by atoms with Crippen molar-refractivity contribution in [2.24, 2.45) is 10.7 Å². The van der Waals surface area contributed by atoms with Crippen molar-refractivity contribution >= 4 is 11.7 Å². The predicted molar refractivity (Wildman–Crippen MR) is 114 cm³/mol. The van der Waals surface area contributed by atoms with E-state index in [-0.39, 0.29) is 12.5 Å². The number of rotatable bonds is 10. The Kier molecular flexibility index (Phi) is 10.2. The summed E-state index contributed by atoms with van der Waals surface area (Å²) in [5, 5.41) is 2.80. The van der Waals surface area contributed by atoms with Gasteiger partial charge in [0.1, 0.15) is 11.5 Å². The Morgan fingerprint density at radius 2 is 2.19 bits per heavy atom. The molecule has 150 valence electrons. The summed E-state index contributed by atoms with van der Waals surface area (Å²) >= 11 is 0. The Bertz CT molecular complexity index is 626. The Balaban J connectivity index is 2.79. The topological polar surface area (TPSA) is 74.0 Å². The number of likely N-dealkylation sites (N-methyl/N-ethyl adjacent to an activating group) is 1. The number of aliphatic imine (C=N–C) groups is 1. The first-order valence-electron chi connectivity index (χ1n) is 9.65. The number of allylic oxidation sites excluding steroid dienone is 3. The van der Waals surface area contributed by atoms with Crippen LogP contribution in [0.15, 0.2) is 52.8 Å². The van der Waals surface area contributed by atoms with Gasteiger partial charge in [0.2, 0.25) is 5.91 Å². The summed E-state index contributed by atoms with van der Waals surface area (Å²) in [4.78, 5) is 20.7. The number of nitrogens with one attached hydrogen (secondary N) is 1. The first kappa shape index (κ1) is 22.7. The van der Waals surface area contributed by atoms with Gasteiger partial charge in [0.15, 0.2) is 0 Å². The summed E-state index contributed by atoms with van der Waals surface area (Å²) < 4.78 is 0. The van der Waals surface area contributed by atoms with Gasteiger partial charge >= 0.3 is 0 Å². The van der Waals surface area contributed by atoms with E-state index in [0.29, 0.717) is 23.8 Å². The molecule has 1 heterocycles. The second kappa shape index (κ2) is 12.1. The largest absolute Gasteiger partial charge is 0.400 e. The zero-order valence-electron chi connectivity index (χ0n) is 17.3. The van der Waals surface area contributed by atoms with E-state index in [1.165, 1.54) is 12.8 Å². The SMILES string of the molecule is C=C/C(=C\C=C\CN(CC)CCCC)CN1CC(=O)N/C(=C(/C)N)C1=NC. The van der Waals surface area contributed by atoms with Crippen molar-refractivity contribution in [3.8, 4) is 0 Å². The van der Waals surface area contributed by atoms with Gasteiger partial charge in [-0.25, -0.2) is 0 Å². The lowest BCUT2D eigenvalue weighted by molar-refractivity contribution is -0.121. The Morgan fingerprint density at radius 1 is 1.44 bits per heavy atom. The third-order valence-electron chi connectivity index (χ3n) is 4.45. The van der Waals surface area contributed by atoms with Crippen molar-refractivity contribution in [1.82, 2.24) is 15.1 Å². The third-order valence-corrected chi connectivity index (χ3v) is 4.45. The Morgan fingerprint density at radius 3 is 2.74 bits per heavy atom. The van der Waals surface area contributed by atoms with Crippen LogP contribution in [-0.4, -0.2) is 61.3 Å². The molecule has 1 fully saturated rings. The molecule has 0 spiro atoms. The number of nitrogens with zero attached hydrogens (tertiary/aromatic N) is 3. The van der Waals surface area contributed by atoms with E-state index >= 15 is 0 Å². The second-order valence-corrected chi connectivity index (χ2v) is 6.63. The molecule has 0 radical (unpaired) electrons. The Labute approximate surface area is 164 Å². The van der Waals surface area contributed by atoms with E-state index in [0.717, 1.165) is 25.2 Å². The molecule has 27 heavy (non-hydrogen) atoms. The fourth-order valence-corrected chi connectivity index (χ4v) is 2.87. The molecule has 6 heteroatoms. The summed E-state index contributed by atoms with van der Waals surface area (Å²) in [6, 6.07) is 0. The lowest BCUT2D eigenvalue weighted by atomic mass is 10.1. The molecule has 0 saturated carbocycles. The molecule has 1 amide bonds. The van der Waals surface area contributed by atoms with Crippen LogP contribution in [0.4, 0.5) is 0 Å². The standard InChI is InChI=1S/C21H35N5O/c1-6-9-13-25(8-3)14-11-10-12-18(7-2)15-26-16-19(27)24-20(17(4)22)21(26)23-5/h7,10-12H,2,6,8-9,13-16,22H2,1,3-5H3,(H,24,27)/b11-10+,18-12+,20-17-,23-21?. The van der Waals surface area contributed by atoms with Crippen molar-refractivity contribution in [2.45, 2.75) is 33.6 Å². The highest BCUT2D eigenvalue weighted by Crippen LogP contribution is 2.12. The molecular formula is C21H35N5O. The summed E-state index contributed by atoms with van der Waals surface area (Å²) in [5.74, 6) is 0.610. The van der Waals surface area contributed by atoms with Gasteiger partial charge in [0.05, 0.1) is 6.54 Å². The van der Waals surface area contributed by atoms with E-state index in [4.69, 9.17) is 5.73 Å². The number of amides is 1. The molecule has 0 bridgehead atoms. The summed E-state index contributed by atoms with van der Waals surface area (Å²) in [7, 11) is 1.70. The fraction of sp³-hybridized carbons (Fsp3) is 0.524. The van der Waals surface area contributed by atoms with E-state index in [2.05, 4.69) is 47.8 Å². The normalized spacial score (nSPS) is 19.1. The van der Waals surface area contributed by atoms with Crippen molar-refractivity contribution in [3.05, 3.63) is 47.9 Å². The fourth-order valence-electron chi connectivity index (χ4n) is 2.87. The lowest BCUT2D eigenvalue weighted by Gasteiger charge is -2.32. The maximum Gasteiger partial charge on any atom is 0.244 e. The van der Waals surface area contributed by atoms with Gasteiger partial charge in [-0.15, -0.1) is 0 Å². The molecule has 0 aromatic heterocycles. The maximum atomic E-state index is 12.0. The van der Waals surface area contributed by atoms with Gasteiger partial charge in [-0.3, -0.25) is 14.7 Å². The summed E-state index contributed by atoms with van der Waals surface area (Å²) in [6.07, 6.45) is 10.5. The number of piperazine rings is 1. The highest BCUT2D eigenvalue weighted by Gasteiger charge is 2.26. The van der Waals surface area contributed by atoms with Crippen LogP contribution in [0.2, 0.25) is 0 Å². The number of hydrogen-bond donors (Lipinski definition) is 2. The van der Waals surface area contributed by atoms with Crippen molar-refractivity contribution in [3.63, 3.8) is 0 Å². The van der Waals surface area contributed by atoms with Crippen LogP contribution in [0.5, 0.6) is 0 Å². The van der Waals surface area contributed by atoms with E-state index in [9.17, 15) is 4.79 Å². The molecule has 1 saturated heterocycles. The van der Waals surface area contributed by atoms with Gasteiger partial charge in [-0.2, -0.15) is 0 Å². The molecule has 6 nitrogen and oxygen atoms in total. The number of carbonyl (C=O) groups excluding carboxylic acids is 1. The molecule has 0 aromatic carbocycles. The van der Waals surface area contributed by atoms with E-state index in [1.807, 2.05) is 17.1 Å². The highest BCUT2D eigenvalue weighted by atomic mass is 16.2. The van der Waals surface area contributed by atoms with E-state index in [1.54, 1.807) is 14.0 Å². The monoisotopic (exact) mass is 373 g/mol. The molecule has 1 aliphatic heterocycles. The molecule has 3 N–H and O–H groups in total. The lowest BCUT2D eigenvalue weighted by Crippen LogP contribution is -2.51. The van der Waals surface area contributed by atoms with Crippen LogP contribution >= 0.6 is 0 Å². The minimum atomic E-state index is -0.0873. The van der Waals surface area contributed by atoms with Crippen molar-refractivity contribution in [1.29, 1.82) is 0 Å². The van der Waals surface area contributed by atoms with Crippen LogP contribution in [0.1, 0.15) is 33.6 Å². The first-order chi connectivity index (χ1) is 13.0. The second-order valence-electron chi connectivity index (χ2n) is 6.63. The number of carbonyl (C=O) groups is 1. The van der Waals surface area contributed by atoms with Gasteiger partial charge in [0.25, 0.3) is 0 Å². The zero-order valence-corrected chi connectivity index (χ0v) is 17.3. The van der Waals surface area contributed by atoms with Gasteiger partial charge in [0, 0.05) is 25.8 Å². The summed E-state index contributed by atoms with van der Waals surface area (Å²) in [6.45, 7) is 14.0. The van der Waals surface area contributed by atoms with Crippen molar-refractivity contribution < 1.29 is 4.79 Å². The van der Waals surface area contributed by atoms with Crippen molar-refractivity contribution in [2.75, 3.05) is 39.8 Å². The number of hydrogen-bond acceptors (Lipinski definition) is 4. The first-order valence-corrected chi connectivity index (χ1v) is 9.65. The predicted octanol–water partition coefficient (Wildman–Crippen LogP) is 2.43. The average Bonchev–Trinajstić information content (AvgIpc) is 2.65. The number of amidine groups is 1. The van der Waals surface area contributed by atoms with Gasteiger partial charge < -0.3 is 16.0 Å². The van der Waals surface area contributed by atoms with Gasteiger partial charge in [-0.05, 0) is 32.0 Å². The number of nitrogens with two attached hydrogens (primary N) is 1. The highest BCUT2D eigenvalue weighted by molar-refractivity contribution is 6.06. The summed E-state index contributed by atoms with van der Waals surface area (Å²) in [5.41, 5.74) is 8.05. The van der Waals surface area contributed by atoms with Gasteiger partial charge in [-0.1, -0.05) is 51.2 Å². The molecular weight excluding hydrogens is 338 g/mol. The zero-order chi connectivity index (χ0) is 20.2. The average molecular weight is 374 g/mol. The third kappa shape index (κ3) is 7.43. The van der Waals surface area contributed by atoms with Crippen LogP contribution in [0.25, 0.3) is 0 Å². The molecule has 0 atom stereocenters. The molecule has 0 unspecified atom stereocenters. The molecule has 0 aromatic rings. The molecule has 1 aliphatic rings. The molecule has 0 aliphatic carbocycles. The minimum Gasteiger partial charge on any atom is -0.400 e. The van der Waals surface area contributed by atoms with Crippen LogP contribution < -0.4 is 11.1 Å². The smallest absolute Gasteiger partial charge is 0.244 e. The van der Waals surface area contributed by atoms with Crippen LogP contribution in [0, 0.1) is 0 Å². The minimum absolute atomic E-state index is 0.0873. The number of unbranched alkanes of at least 4 members (excludes halogenated alkanes) is 1. The quantitative estimate of drug-likeness (QED) is 0.577. The van der Waals surface area contributed by atoms with Crippen LogP contribution in [-0.2, 0) is 4.79 Å².